The van der Waals surface area contributed by atoms with Crippen molar-refractivity contribution < 1.29 is 9.32 Å². The molecule has 5 rings (SSSR count). The fraction of sp³-hybridized carbons (Fsp3) is 0.318. The van der Waals surface area contributed by atoms with Crippen LogP contribution >= 0.6 is 11.6 Å². The van der Waals surface area contributed by atoms with E-state index in [2.05, 4.69) is 22.3 Å². The van der Waals surface area contributed by atoms with Crippen LogP contribution in [-0.2, 0) is 10.2 Å². The molecule has 6 heteroatoms. The standard InChI is InChI=1S/C22H20ClN3O2/c23-17-10-5-4-9-16(17)19-24-20(28-25-19)18-11-6-14-26(18)21(27)22(12-13-22)15-7-2-1-3-8-15/h1-5,7-10,18H,6,11-14H2/t18-/m0/s1. The first kappa shape index (κ1) is 17.4. The van der Waals surface area contributed by atoms with Crippen LogP contribution in [0, 0.1) is 0 Å². The van der Waals surface area contributed by atoms with E-state index in [4.69, 9.17) is 16.1 Å². The highest BCUT2D eigenvalue weighted by Crippen LogP contribution is 2.51. The molecule has 2 aromatic carbocycles. The number of carbonyl (C=O) groups is 1. The van der Waals surface area contributed by atoms with Gasteiger partial charge in [-0.3, -0.25) is 4.79 Å². The highest BCUT2D eigenvalue weighted by molar-refractivity contribution is 6.33. The van der Waals surface area contributed by atoms with Gasteiger partial charge in [-0.25, -0.2) is 0 Å². The van der Waals surface area contributed by atoms with Crippen molar-refractivity contribution in [3.05, 3.63) is 71.1 Å². The van der Waals surface area contributed by atoms with Gasteiger partial charge in [-0.2, -0.15) is 4.98 Å². The van der Waals surface area contributed by atoms with Crippen LogP contribution in [0.4, 0.5) is 0 Å². The summed E-state index contributed by atoms with van der Waals surface area (Å²) in [5.41, 5.74) is 1.46. The molecule has 3 aromatic rings. The van der Waals surface area contributed by atoms with Gasteiger partial charge in [0, 0.05) is 12.1 Å². The first-order valence-electron chi connectivity index (χ1n) is 9.64. The fourth-order valence-electron chi connectivity index (χ4n) is 4.17. The second-order valence-corrected chi connectivity index (χ2v) is 7.95. The molecule has 28 heavy (non-hydrogen) atoms. The van der Waals surface area contributed by atoms with E-state index >= 15 is 0 Å². The van der Waals surface area contributed by atoms with Crippen molar-refractivity contribution >= 4 is 17.5 Å². The van der Waals surface area contributed by atoms with Crippen molar-refractivity contribution in [1.29, 1.82) is 0 Å². The topological polar surface area (TPSA) is 59.2 Å². The van der Waals surface area contributed by atoms with Crippen LogP contribution in [-0.4, -0.2) is 27.5 Å². The summed E-state index contributed by atoms with van der Waals surface area (Å²) in [6, 6.07) is 17.3. The van der Waals surface area contributed by atoms with Crippen LogP contribution in [0.15, 0.2) is 59.1 Å². The summed E-state index contributed by atoms with van der Waals surface area (Å²) in [6.07, 6.45) is 3.56. The smallest absolute Gasteiger partial charge is 0.249 e. The molecule has 1 aliphatic heterocycles. The quantitative estimate of drug-likeness (QED) is 0.639. The molecule has 1 atom stereocenters. The van der Waals surface area contributed by atoms with Gasteiger partial charge in [0.15, 0.2) is 0 Å². The van der Waals surface area contributed by atoms with Crippen molar-refractivity contribution in [3.63, 3.8) is 0 Å². The normalized spacial score (nSPS) is 20.3. The van der Waals surface area contributed by atoms with Crippen molar-refractivity contribution in [1.82, 2.24) is 15.0 Å². The number of amides is 1. The molecule has 2 heterocycles. The van der Waals surface area contributed by atoms with E-state index in [0.717, 1.165) is 43.4 Å². The molecule has 2 fully saturated rings. The van der Waals surface area contributed by atoms with Gasteiger partial charge < -0.3 is 9.42 Å². The van der Waals surface area contributed by atoms with E-state index in [9.17, 15) is 4.79 Å². The zero-order valence-corrected chi connectivity index (χ0v) is 16.1. The minimum atomic E-state index is -0.380. The van der Waals surface area contributed by atoms with Gasteiger partial charge in [0.1, 0.15) is 6.04 Å². The Labute approximate surface area is 168 Å². The molecule has 1 amide bonds. The molecule has 0 radical (unpaired) electrons. The van der Waals surface area contributed by atoms with Crippen LogP contribution in [0.5, 0.6) is 0 Å². The molecule has 2 aliphatic rings. The number of hydrogen-bond acceptors (Lipinski definition) is 4. The Morgan fingerprint density at radius 1 is 1.11 bits per heavy atom. The number of nitrogens with zero attached hydrogens (tertiary/aromatic N) is 3. The molecule has 0 N–H and O–H groups in total. The summed E-state index contributed by atoms with van der Waals surface area (Å²) in [4.78, 5) is 20.0. The third-order valence-electron chi connectivity index (χ3n) is 5.84. The Balaban J connectivity index is 1.42. The Morgan fingerprint density at radius 3 is 2.61 bits per heavy atom. The predicted octanol–water partition coefficient (Wildman–Crippen LogP) is 4.79. The SMILES string of the molecule is O=C(N1CCC[C@H]1c1nc(-c2ccccc2Cl)no1)C1(c2ccccc2)CC1. The average Bonchev–Trinajstić information content (AvgIpc) is 3.16. The van der Waals surface area contributed by atoms with Gasteiger partial charge in [-0.05, 0) is 43.4 Å². The molecule has 0 unspecified atom stereocenters. The second kappa shape index (κ2) is 6.74. The maximum atomic E-state index is 13.5. The average molecular weight is 394 g/mol. The maximum Gasteiger partial charge on any atom is 0.249 e. The number of rotatable bonds is 4. The summed E-state index contributed by atoms with van der Waals surface area (Å²) in [6.45, 7) is 0.724. The molecule has 142 valence electrons. The molecule has 1 aliphatic carbocycles. The first-order valence-corrected chi connectivity index (χ1v) is 10.0. The highest BCUT2D eigenvalue weighted by atomic mass is 35.5. The summed E-state index contributed by atoms with van der Waals surface area (Å²) in [5.74, 6) is 1.13. The summed E-state index contributed by atoms with van der Waals surface area (Å²) < 4.78 is 5.56. The van der Waals surface area contributed by atoms with Gasteiger partial charge in [0.25, 0.3) is 0 Å². The molecular weight excluding hydrogens is 374 g/mol. The summed E-state index contributed by atoms with van der Waals surface area (Å²) in [7, 11) is 0. The number of likely N-dealkylation sites (tertiary alicyclic amines) is 1. The summed E-state index contributed by atoms with van der Waals surface area (Å²) >= 11 is 6.26. The summed E-state index contributed by atoms with van der Waals surface area (Å²) in [5, 5.41) is 4.69. The molecule has 1 aromatic heterocycles. The van der Waals surface area contributed by atoms with E-state index in [1.807, 2.05) is 41.3 Å². The highest BCUT2D eigenvalue weighted by Gasteiger charge is 2.55. The maximum absolute atomic E-state index is 13.5. The van der Waals surface area contributed by atoms with Crippen molar-refractivity contribution in [2.24, 2.45) is 0 Å². The monoisotopic (exact) mass is 393 g/mol. The van der Waals surface area contributed by atoms with E-state index < -0.39 is 0 Å². The molecule has 5 nitrogen and oxygen atoms in total. The fourth-order valence-corrected chi connectivity index (χ4v) is 4.39. The molecule has 0 bridgehead atoms. The zero-order valence-electron chi connectivity index (χ0n) is 15.3. The lowest BCUT2D eigenvalue weighted by atomic mass is 9.94. The minimum Gasteiger partial charge on any atom is -0.337 e. The third-order valence-corrected chi connectivity index (χ3v) is 6.17. The minimum absolute atomic E-state index is 0.169. The van der Waals surface area contributed by atoms with Crippen LogP contribution in [0.2, 0.25) is 5.02 Å². The molecular formula is C22H20ClN3O2. The number of halogens is 1. The lowest BCUT2D eigenvalue weighted by Gasteiger charge is -2.27. The first-order chi connectivity index (χ1) is 13.7. The molecule has 1 saturated carbocycles. The lowest BCUT2D eigenvalue weighted by molar-refractivity contribution is -0.135. The predicted molar refractivity (Wildman–Crippen MR) is 106 cm³/mol. The number of aromatic nitrogens is 2. The molecule has 0 spiro atoms. The van der Waals surface area contributed by atoms with Gasteiger partial charge in [0.05, 0.1) is 10.4 Å². The third kappa shape index (κ3) is 2.81. The van der Waals surface area contributed by atoms with Crippen LogP contribution < -0.4 is 0 Å². The van der Waals surface area contributed by atoms with E-state index in [1.54, 1.807) is 6.07 Å². The van der Waals surface area contributed by atoms with Crippen molar-refractivity contribution in [3.8, 4) is 11.4 Å². The van der Waals surface area contributed by atoms with Crippen molar-refractivity contribution in [2.75, 3.05) is 6.54 Å². The Kier molecular flexibility index (Phi) is 4.20. The van der Waals surface area contributed by atoms with Crippen LogP contribution in [0.25, 0.3) is 11.4 Å². The largest absolute Gasteiger partial charge is 0.337 e. The van der Waals surface area contributed by atoms with E-state index in [0.29, 0.717) is 16.7 Å². The van der Waals surface area contributed by atoms with E-state index in [-0.39, 0.29) is 17.4 Å². The number of benzene rings is 2. The van der Waals surface area contributed by atoms with Crippen LogP contribution in [0.1, 0.15) is 43.2 Å². The number of hydrogen-bond donors (Lipinski definition) is 0. The Morgan fingerprint density at radius 2 is 1.86 bits per heavy atom. The van der Waals surface area contributed by atoms with Gasteiger partial charge in [0.2, 0.25) is 17.6 Å². The van der Waals surface area contributed by atoms with E-state index in [1.165, 1.54) is 0 Å². The van der Waals surface area contributed by atoms with Gasteiger partial charge in [-0.1, -0.05) is 59.2 Å². The Bertz CT molecular complexity index is 1010. The second-order valence-electron chi connectivity index (χ2n) is 7.54. The van der Waals surface area contributed by atoms with Crippen LogP contribution in [0.3, 0.4) is 0 Å². The lowest BCUT2D eigenvalue weighted by Crippen LogP contribution is -2.39. The molecule has 1 saturated heterocycles. The zero-order chi connectivity index (χ0) is 19.1. The number of carbonyl (C=O) groups excluding carboxylic acids is 1. The van der Waals surface area contributed by atoms with Gasteiger partial charge in [-0.15, -0.1) is 0 Å². The Hall–Kier alpha value is -2.66. The van der Waals surface area contributed by atoms with Gasteiger partial charge >= 0.3 is 0 Å². The van der Waals surface area contributed by atoms with Crippen molar-refractivity contribution in [2.45, 2.75) is 37.1 Å².